The lowest BCUT2D eigenvalue weighted by Crippen LogP contribution is -1.94. The van der Waals surface area contributed by atoms with Crippen molar-refractivity contribution in [1.82, 2.24) is 9.55 Å². The van der Waals surface area contributed by atoms with Gasteiger partial charge in [0.15, 0.2) is 0 Å². The molecule has 1 aromatic rings. The lowest BCUT2D eigenvalue weighted by Gasteiger charge is -1.94. The van der Waals surface area contributed by atoms with Gasteiger partial charge in [-0.2, -0.15) is 0 Å². The molecule has 0 fully saturated rings. The minimum absolute atomic E-state index is 0.178. The van der Waals surface area contributed by atoms with Gasteiger partial charge in [-0.15, -0.1) is 0 Å². The summed E-state index contributed by atoms with van der Waals surface area (Å²) in [6, 6.07) is 0. The van der Waals surface area contributed by atoms with Crippen LogP contribution in [-0.2, 0) is 18.8 Å². The molecule has 49 valence electrons. The smallest absolute Gasteiger partial charge is 0.124 e. The van der Waals surface area contributed by atoms with Crippen molar-refractivity contribution in [3.63, 3.8) is 0 Å². The summed E-state index contributed by atoms with van der Waals surface area (Å²) in [6.45, 7) is 1.66. The third-order valence-electron chi connectivity index (χ3n) is 1.40. The van der Waals surface area contributed by atoms with Gasteiger partial charge in [0.05, 0.1) is 17.7 Å². The molecule has 3 nitrogen and oxygen atoms in total. The predicted octanol–water partition coefficient (Wildman–Crippen LogP) is 0.659. The highest BCUT2D eigenvalue weighted by Crippen LogP contribution is 2.02. The fraction of sp³-hybridized carbons (Fsp3) is 0.500. The van der Waals surface area contributed by atoms with Gasteiger partial charge in [-0.3, -0.25) is 0 Å². The Kier molecular flexibility index (Phi) is 1.53. The molecule has 0 aromatic carbocycles. The Morgan fingerprint density at radius 3 is 2.67 bits per heavy atom. The zero-order valence-electron chi connectivity index (χ0n) is 5.59. The maximum atomic E-state index is 10.4. The number of hydrogen-bond donors (Lipinski definition) is 0. The largest absolute Gasteiger partial charge is 0.335 e. The highest BCUT2D eigenvalue weighted by molar-refractivity contribution is 5.08. The molecule has 0 aliphatic rings. The first-order chi connectivity index (χ1) is 4.25. The van der Waals surface area contributed by atoms with Crippen molar-refractivity contribution >= 4 is 0 Å². The predicted molar refractivity (Wildman–Crippen MR) is 32.3 cm³/mol. The normalized spacial score (nSPS) is 10.1. The van der Waals surface area contributed by atoms with Crippen molar-refractivity contribution in [1.29, 1.82) is 0 Å². The average molecular weight is 125 g/mol. The first-order valence-electron chi connectivity index (χ1n) is 2.80. The monoisotopic (exact) mass is 125 g/mol. The van der Waals surface area contributed by atoms with E-state index in [1.54, 1.807) is 10.9 Å². The summed E-state index contributed by atoms with van der Waals surface area (Å²) in [5, 5.41) is 10.4. The molecule has 0 atom stereocenters. The van der Waals surface area contributed by atoms with Gasteiger partial charge in [0.2, 0.25) is 0 Å². The number of rotatable bonds is 1. The molecule has 0 unspecified atom stereocenters. The molecule has 1 aromatic heterocycles. The maximum Gasteiger partial charge on any atom is 0.124 e. The third kappa shape index (κ3) is 0.954. The summed E-state index contributed by atoms with van der Waals surface area (Å²) in [7, 11) is 1.83. The van der Waals surface area contributed by atoms with Crippen LogP contribution in [0.3, 0.4) is 0 Å². The molecule has 0 saturated carbocycles. The van der Waals surface area contributed by atoms with Gasteiger partial charge < -0.3 is 4.57 Å². The quantitative estimate of drug-likeness (QED) is 0.543. The maximum absolute atomic E-state index is 10.4. The van der Waals surface area contributed by atoms with E-state index in [0.29, 0.717) is 0 Å². The van der Waals surface area contributed by atoms with Gasteiger partial charge in [0.1, 0.15) is 6.61 Å². The van der Waals surface area contributed by atoms with Crippen LogP contribution in [0.25, 0.3) is 0 Å². The molecule has 0 saturated heterocycles. The molecule has 1 rings (SSSR count). The van der Waals surface area contributed by atoms with Crippen molar-refractivity contribution in [2.45, 2.75) is 13.5 Å². The van der Waals surface area contributed by atoms with E-state index in [0.717, 1.165) is 11.4 Å². The van der Waals surface area contributed by atoms with E-state index in [1.807, 2.05) is 14.0 Å². The van der Waals surface area contributed by atoms with Crippen molar-refractivity contribution in [2.75, 3.05) is 0 Å². The van der Waals surface area contributed by atoms with Crippen LogP contribution in [0.1, 0.15) is 11.4 Å². The first kappa shape index (κ1) is 6.29. The summed E-state index contributed by atoms with van der Waals surface area (Å²) >= 11 is 0. The number of imidazole rings is 1. The lowest BCUT2D eigenvalue weighted by atomic mass is 10.4. The summed E-state index contributed by atoms with van der Waals surface area (Å²) in [6.07, 6.45) is 1.66. The van der Waals surface area contributed by atoms with Crippen LogP contribution in [0.15, 0.2) is 6.33 Å². The van der Waals surface area contributed by atoms with Crippen molar-refractivity contribution in [3.8, 4) is 0 Å². The zero-order chi connectivity index (χ0) is 6.85. The van der Waals surface area contributed by atoms with Crippen molar-refractivity contribution < 1.29 is 5.11 Å². The molecular weight excluding hydrogens is 116 g/mol. The van der Waals surface area contributed by atoms with Gasteiger partial charge in [-0.25, -0.2) is 10.1 Å². The molecule has 1 heterocycles. The van der Waals surface area contributed by atoms with Crippen LogP contribution in [0.5, 0.6) is 0 Å². The second-order valence-electron chi connectivity index (χ2n) is 2.03. The molecule has 0 spiro atoms. The fourth-order valence-corrected chi connectivity index (χ4v) is 0.779. The number of aromatic nitrogens is 2. The van der Waals surface area contributed by atoms with E-state index in [9.17, 15) is 5.11 Å². The molecule has 0 bridgehead atoms. The molecule has 0 N–H and O–H groups in total. The van der Waals surface area contributed by atoms with E-state index in [-0.39, 0.29) is 6.61 Å². The molecule has 9 heavy (non-hydrogen) atoms. The summed E-state index contributed by atoms with van der Waals surface area (Å²) in [5.41, 5.74) is 1.61. The Labute approximate surface area is 54.0 Å². The second kappa shape index (κ2) is 2.19. The Bertz CT molecular complexity index is 185. The summed E-state index contributed by atoms with van der Waals surface area (Å²) < 4.78 is 1.75. The standard InChI is InChI=1S/C6H9N2O/c1-5-6(3-9)8(2)4-7-5/h4H,3H2,1-2H3. The van der Waals surface area contributed by atoms with Crippen molar-refractivity contribution in [2.24, 2.45) is 7.05 Å². The second-order valence-corrected chi connectivity index (χ2v) is 2.03. The minimum atomic E-state index is -0.178. The fourth-order valence-electron chi connectivity index (χ4n) is 0.779. The zero-order valence-corrected chi connectivity index (χ0v) is 5.59. The van der Waals surface area contributed by atoms with E-state index >= 15 is 0 Å². The Balaban J connectivity index is 3.07. The van der Waals surface area contributed by atoms with Gasteiger partial charge in [-0.1, -0.05) is 0 Å². The van der Waals surface area contributed by atoms with Crippen LogP contribution in [0.2, 0.25) is 0 Å². The van der Waals surface area contributed by atoms with E-state index in [2.05, 4.69) is 4.98 Å². The van der Waals surface area contributed by atoms with Crippen LogP contribution < -0.4 is 0 Å². The molecule has 3 heteroatoms. The van der Waals surface area contributed by atoms with Gasteiger partial charge in [0.25, 0.3) is 0 Å². The average Bonchev–Trinajstić information content (AvgIpc) is 2.12. The highest BCUT2D eigenvalue weighted by Gasteiger charge is 2.00. The van der Waals surface area contributed by atoms with E-state index in [4.69, 9.17) is 0 Å². The molecule has 0 aliphatic heterocycles. The lowest BCUT2D eigenvalue weighted by molar-refractivity contribution is 0.170. The Morgan fingerprint density at radius 2 is 2.44 bits per heavy atom. The van der Waals surface area contributed by atoms with Crippen molar-refractivity contribution in [3.05, 3.63) is 17.7 Å². The van der Waals surface area contributed by atoms with E-state index in [1.165, 1.54) is 0 Å². The molecule has 0 amide bonds. The number of hydrogen-bond acceptors (Lipinski definition) is 1. The van der Waals surface area contributed by atoms with Crippen LogP contribution in [-0.4, -0.2) is 9.55 Å². The minimum Gasteiger partial charge on any atom is -0.335 e. The summed E-state index contributed by atoms with van der Waals surface area (Å²) in [4.78, 5) is 3.95. The van der Waals surface area contributed by atoms with Gasteiger partial charge in [0, 0.05) is 7.05 Å². The van der Waals surface area contributed by atoms with Crippen LogP contribution in [0, 0.1) is 6.92 Å². The van der Waals surface area contributed by atoms with Crippen LogP contribution >= 0.6 is 0 Å². The summed E-state index contributed by atoms with van der Waals surface area (Å²) in [5.74, 6) is 0. The topological polar surface area (TPSA) is 37.7 Å². The highest BCUT2D eigenvalue weighted by atomic mass is 16.3. The van der Waals surface area contributed by atoms with Gasteiger partial charge in [-0.05, 0) is 6.92 Å². The van der Waals surface area contributed by atoms with Gasteiger partial charge >= 0.3 is 0 Å². The Hall–Kier alpha value is -0.830. The molecule has 0 aliphatic carbocycles. The molecular formula is C6H9N2O. The number of aryl methyl sites for hydroxylation is 2. The SMILES string of the molecule is Cc1ncn(C)c1C[O]. The van der Waals surface area contributed by atoms with Crippen LogP contribution in [0.4, 0.5) is 0 Å². The number of nitrogens with zero attached hydrogens (tertiary/aromatic N) is 2. The Morgan fingerprint density at radius 1 is 1.78 bits per heavy atom. The molecule has 1 radical (unpaired) electrons. The third-order valence-corrected chi connectivity index (χ3v) is 1.40. The first-order valence-corrected chi connectivity index (χ1v) is 2.80. The van der Waals surface area contributed by atoms with E-state index < -0.39 is 0 Å².